The van der Waals surface area contributed by atoms with Gasteiger partial charge in [0.25, 0.3) is 0 Å². The van der Waals surface area contributed by atoms with Gasteiger partial charge in [0.15, 0.2) is 10.7 Å². The minimum Gasteiger partial charge on any atom is -0.408 e. The Hall–Kier alpha value is -3.72. The zero-order chi connectivity index (χ0) is 21.8. The van der Waals surface area contributed by atoms with Crippen molar-refractivity contribution in [3.63, 3.8) is 0 Å². The van der Waals surface area contributed by atoms with Crippen molar-refractivity contribution in [2.75, 3.05) is 10.6 Å². The van der Waals surface area contributed by atoms with Gasteiger partial charge in [0, 0.05) is 36.5 Å². The summed E-state index contributed by atoms with van der Waals surface area (Å²) in [7, 11) is 0. The van der Waals surface area contributed by atoms with Crippen LogP contribution in [0, 0.1) is 0 Å². The number of aryl methyl sites for hydroxylation is 1. The van der Waals surface area contributed by atoms with E-state index in [4.69, 9.17) is 4.42 Å². The number of nitrogens with zero attached hydrogens (tertiary/aromatic N) is 2. The molecule has 8 nitrogen and oxygen atoms in total. The van der Waals surface area contributed by atoms with Crippen molar-refractivity contribution >= 4 is 45.1 Å². The van der Waals surface area contributed by atoms with Gasteiger partial charge in [-0.1, -0.05) is 24.3 Å². The highest BCUT2D eigenvalue weighted by atomic mass is 32.1. The summed E-state index contributed by atoms with van der Waals surface area (Å²) in [5.41, 5.74) is 3.60. The van der Waals surface area contributed by atoms with Crippen LogP contribution in [-0.2, 0) is 16.1 Å². The van der Waals surface area contributed by atoms with Crippen LogP contribution in [0.15, 0.2) is 63.1 Å². The fourth-order valence-electron chi connectivity index (χ4n) is 3.20. The van der Waals surface area contributed by atoms with Gasteiger partial charge in [-0.3, -0.25) is 14.2 Å². The summed E-state index contributed by atoms with van der Waals surface area (Å²) in [6.07, 6.45) is 0.754. The molecule has 0 aliphatic rings. The van der Waals surface area contributed by atoms with E-state index in [2.05, 4.69) is 15.6 Å². The first-order valence-corrected chi connectivity index (χ1v) is 10.6. The van der Waals surface area contributed by atoms with Crippen molar-refractivity contribution in [2.45, 2.75) is 26.3 Å². The molecule has 0 saturated heterocycles. The van der Waals surface area contributed by atoms with E-state index in [0.29, 0.717) is 29.4 Å². The molecule has 0 fully saturated rings. The van der Waals surface area contributed by atoms with E-state index in [1.165, 1.54) is 22.8 Å². The van der Waals surface area contributed by atoms with Gasteiger partial charge in [-0.25, -0.2) is 9.78 Å². The Morgan fingerprint density at radius 3 is 2.65 bits per heavy atom. The number of aromatic nitrogens is 2. The Balaban J connectivity index is 1.32. The van der Waals surface area contributed by atoms with E-state index in [1.807, 2.05) is 35.7 Å². The lowest BCUT2D eigenvalue weighted by Gasteiger charge is -2.04. The molecule has 9 heteroatoms. The van der Waals surface area contributed by atoms with Crippen molar-refractivity contribution < 1.29 is 14.0 Å². The second kappa shape index (κ2) is 8.97. The molecule has 0 saturated carbocycles. The maximum atomic E-state index is 12.3. The van der Waals surface area contributed by atoms with Crippen molar-refractivity contribution in [3.05, 3.63) is 64.5 Å². The standard InChI is InChI=1S/C22H20N4O4S/c1-14(27)23-16-10-8-15(9-11-16)17-13-31-21(24-17)25-20(28)7-4-12-26-18-5-2-3-6-19(18)30-22(26)29/h2-3,5-6,8-11,13H,4,7,12H2,1H3,(H,23,27)(H,24,25,28). The fourth-order valence-corrected chi connectivity index (χ4v) is 3.93. The monoisotopic (exact) mass is 436 g/mol. The summed E-state index contributed by atoms with van der Waals surface area (Å²) < 4.78 is 6.74. The van der Waals surface area contributed by atoms with E-state index >= 15 is 0 Å². The van der Waals surface area contributed by atoms with E-state index in [1.54, 1.807) is 18.2 Å². The highest BCUT2D eigenvalue weighted by Gasteiger charge is 2.11. The van der Waals surface area contributed by atoms with Gasteiger partial charge >= 0.3 is 5.76 Å². The molecule has 4 aromatic rings. The van der Waals surface area contributed by atoms with E-state index < -0.39 is 5.76 Å². The first-order chi connectivity index (χ1) is 15.0. The van der Waals surface area contributed by atoms with Crippen LogP contribution in [0.1, 0.15) is 19.8 Å². The summed E-state index contributed by atoms with van der Waals surface area (Å²) in [5.74, 6) is -0.712. The fraction of sp³-hybridized carbons (Fsp3) is 0.182. The third kappa shape index (κ3) is 4.89. The van der Waals surface area contributed by atoms with E-state index in [-0.39, 0.29) is 18.2 Å². The summed E-state index contributed by atoms with van der Waals surface area (Å²) in [4.78, 5) is 39.8. The molecule has 0 spiro atoms. The molecule has 0 atom stereocenters. The molecule has 158 valence electrons. The van der Waals surface area contributed by atoms with Crippen molar-refractivity contribution in [1.29, 1.82) is 0 Å². The molecule has 0 unspecified atom stereocenters. The Bertz CT molecular complexity index is 1290. The van der Waals surface area contributed by atoms with Gasteiger partial charge in [0.1, 0.15) is 0 Å². The maximum Gasteiger partial charge on any atom is 0.419 e. The van der Waals surface area contributed by atoms with Crippen LogP contribution in [-0.4, -0.2) is 21.4 Å². The first-order valence-electron chi connectivity index (χ1n) is 9.71. The van der Waals surface area contributed by atoms with Gasteiger partial charge < -0.3 is 15.1 Å². The topological polar surface area (TPSA) is 106 Å². The summed E-state index contributed by atoms with van der Waals surface area (Å²) >= 11 is 1.34. The zero-order valence-corrected chi connectivity index (χ0v) is 17.6. The Morgan fingerprint density at radius 2 is 1.87 bits per heavy atom. The van der Waals surface area contributed by atoms with Crippen LogP contribution in [0.4, 0.5) is 10.8 Å². The molecule has 2 aromatic carbocycles. The van der Waals surface area contributed by atoms with Gasteiger partial charge in [-0.05, 0) is 30.7 Å². The zero-order valence-electron chi connectivity index (χ0n) is 16.8. The smallest absolute Gasteiger partial charge is 0.408 e. The number of fused-ring (bicyclic) bond motifs is 1. The number of carbonyl (C=O) groups is 2. The van der Waals surface area contributed by atoms with E-state index in [0.717, 1.165) is 16.8 Å². The minimum atomic E-state index is -0.421. The van der Waals surface area contributed by atoms with Crippen LogP contribution in [0.3, 0.4) is 0 Å². The molecular formula is C22H20N4O4S. The molecule has 0 aliphatic carbocycles. The number of anilines is 2. The largest absolute Gasteiger partial charge is 0.419 e. The number of hydrogen-bond donors (Lipinski definition) is 2. The molecule has 0 bridgehead atoms. The maximum absolute atomic E-state index is 12.3. The number of rotatable bonds is 7. The van der Waals surface area contributed by atoms with Gasteiger partial charge in [0.2, 0.25) is 11.8 Å². The molecule has 0 aliphatic heterocycles. The van der Waals surface area contributed by atoms with E-state index in [9.17, 15) is 14.4 Å². The number of amides is 2. The number of para-hydroxylation sites is 2. The summed E-state index contributed by atoms with van der Waals surface area (Å²) in [5, 5.41) is 7.89. The van der Waals surface area contributed by atoms with Crippen molar-refractivity contribution in [1.82, 2.24) is 9.55 Å². The minimum absolute atomic E-state index is 0.128. The lowest BCUT2D eigenvalue weighted by atomic mass is 10.1. The van der Waals surface area contributed by atoms with Crippen molar-refractivity contribution in [2.24, 2.45) is 0 Å². The lowest BCUT2D eigenvalue weighted by molar-refractivity contribution is -0.116. The average molecular weight is 436 g/mol. The number of benzene rings is 2. The third-order valence-electron chi connectivity index (χ3n) is 4.61. The number of hydrogen-bond acceptors (Lipinski definition) is 6. The second-order valence-electron chi connectivity index (χ2n) is 6.94. The Morgan fingerprint density at radius 1 is 1.10 bits per heavy atom. The highest BCUT2D eigenvalue weighted by molar-refractivity contribution is 7.14. The predicted octanol–water partition coefficient (Wildman–Crippen LogP) is 4.10. The first kappa shape index (κ1) is 20.5. The van der Waals surface area contributed by atoms with Crippen LogP contribution >= 0.6 is 11.3 Å². The highest BCUT2D eigenvalue weighted by Crippen LogP contribution is 2.26. The SMILES string of the molecule is CC(=O)Nc1ccc(-c2csc(NC(=O)CCCn3c(=O)oc4ccccc43)n2)cc1. The molecule has 2 heterocycles. The number of carbonyl (C=O) groups excluding carboxylic acids is 2. The second-order valence-corrected chi connectivity index (χ2v) is 7.79. The van der Waals surface area contributed by atoms with Crippen LogP contribution in [0.5, 0.6) is 0 Å². The normalized spacial score (nSPS) is 10.9. The van der Waals surface area contributed by atoms with Crippen LogP contribution in [0.25, 0.3) is 22.4 Å². The molecule has 2 N–H and O–H groups in total. The molecule has 31 heavy (non-hydrogen) atoms. The van der Waals surface area contributed by atoms with Gasteiger partial charge in [0.05, 0.1) is 11.2 Å². The Labute approximate surface area is 181 Å². The molecule has 2 aromatic heterocycles. The number of oxazole rings is 1. The quantitative estimate of drug-likeness (QED) is 0.454. The number of nitrogens with one attached hydrogen (secondary N) is 2. The predicted molar refractivity (Wildman–Crippen MR) is 120 cm³/mol. The summed E-state index contributed by atoms with van der Waals surface area (Å²) in [6.45, 7) is 1.85. The summed E-state index contributed by atoms with van der Waals surface area (Å²) in [6, 6.07) is 14.5. The molecule has 0 radical (unpaired) electrons. The van der Waals surface area contributed by atoms with Crippen LogP contribution in [0.2, 0.25) is 0 Å². The third-order valence-corrected chi connectivity index (χ3v) is 5.37. The van der Waals surface area contributed by atoms with Crippen LogP contribution < -0.4 is 16.4 Å². The average Bonchev–Trinajstić information content (AvgIpc) is 3.32. The van der Waals surface area contributed by atoms with Crippen molar-refractivity contribution in [3.8, 4) is 11.3 Å². The van der Waals surface area contributed by atoms with Gasteiger partial charge in [-0.15, -0.1) is 11.3 Å². The molecule has 2 amide bonds. The lowest BCUT2D eigenvalue weighted by Crippen LogP contribution is -2.17. The molecule has 4 rings (SSSR count). The number of thiazole rings is 1. The Kier molecular flexibility index (Phi) is 5.94. The van der Waals surface area contributed by atoms with Gasteiger partial charge in [-0.2, -0.15) is 0 Å². The molecular weight excluding hydrogens is 416 g/mol.